The lowest BCUT2D eigenvalue weighted by atomic mass is 10.2. The number of carbonyl (C=O) groups is 1. The van der Waals surface area contributed by atoms with Gasteiger partial charge in [-0.15, -0.1) is 0 Å². The second kappa shape index (κ2) is 4.54. The van der Waals surface area contributed by atoms with Crippen molar-refractivity contribution in [1.82, 2.24) is 0 Å². The topological polar surface area (TPSA) is 54.4 Å². The van der Waals surface area contributed by atoms with Crippen molar-refractivity contribution in [2.24, 2.45) is 0 Å². The maximum atomic E-state index is 12.2. The molecule has 0 aliphatic carbocycles. The molecule has 0 fully saturated rings. The van der Waals surface area contributed by atoms with E-state index in [-0.39, 0.29) is 4.47 Å². The van der Waals surface area contributed by atoms with Crippen molar-refractivity contribution in [3.8, 4) is 0 Å². The van der Waals surface area contributed by atoms with Crippen LogP contribution in [0.3, 0.4) is 0 Å². The van der Waals surface area contributed by atoms with E-state index in [1.54, 1.807) is 0 Å². The van der Waals surface area contributed by atoms with Crippen molar-refractivity contribution in [3.63, 3.8) is 0 Å². The van der Waals surface area contributed by atoms with E-state index in [4.69, 9.17) is 5.11 Å². The Hall–Kier alpha value is -0.890. The van der Waals surface area contributed by atoms with E-state index in [9.17, 15) is 22.2 Å². The third-order valence-electron chi connectivity index (χ3n) is 1.58. The maximum Gasteiger partial charge on any atom is 0.475 e. The van der Waals surface area contributed by atoms with E-state index in [2.05, 4.69) is 15.9 Å². The highest BCUT2D eigenvalue weighted by Gasteiger charge is 2.39. The Kier molecular flexibility index (Phi) is 3.74. The number of alkyl halides is 3. The van der Waals surface area contributed by atoms with Gasteiger partial charge in [0.25, 0.3) is 0 Å². The molecule has 0 saturated carbocycles. The number of rotatable bonds is 2. The van der Waals surface area contributed by atoms with Crippen molar-refractivity contribution in [3.05, 3.63) is 28.2 Å². The van der Waals surface area contributed by atoms with E-state index in [0.29, 0.717) is 0 Å². The lowest BCUT2D eigenvalue weighted by Crippen LogP contribution is -2.18. The summed E-state index contributed by atoms with van der Waals surface area (Å²) in [6, 6.07) is 3.11. The molecule has 1 unspecified atom stereocenters. The van der Waals surface area contributed by atoms with Gasteiger partial charge >= 0.3 is 11.5 Å². The van der Waals surface area contributed by atoms with E-state index < -0.39 is 32.7 Å². The predicted molar refractivity (Wildman–Crippen MR) is 53.6 cm³/mol. The van der Waals surface area contributed by atoms with Crippen molar-refractivity contribution >= 4 is 32.7 Å². The van der Waals surface area contributed by atoms with Gasteiger partial charge in [-0.25, -0.2) is 9.00 Å². The number of carboxylic acids is 1. The highest BCUT2D eigenvalue weighted by atomic mass is 79.9. The van der Waals surface area contributed by atoms with Crippen LogP contribution in [0.2, 0.25) is 0 Å². The largest absolute Gasteiger partial charge is 0.478 e. The summed E-state index contributed by atoms with van der Waals surface area (Å²) in [7, 11) is -3.35. The molecule has 1 aromatic carbocycles. The van der Waals surface area contributed by atoms with Crippen LogP contribution in [0.5, 0.6) is 0 Å². The Balaban J connectivity index is 3.36. The summed E-state index contributed by atoms with van der Waals surface area (Å²) in [4.78, 5) is 9.88. The first-order chi connectivity index (χ1) is 7.23. The van der Waals surface area contributed by atoms with E-state index in [1.165, 1.54) is 6.07 Å². The highest BCUT2D eigenvalue weighted by Crippen LogP contribution is 2.30. The standard InChI is InChI=1S/C8H4BrF3O3S/c9-4-1-2-5(7(13)14)6(3-4)16(15)8(10,11)12/h1-3H,(H,13,14). The Labute approximate surface area is 98.9 Å². The summed E-state index contributed by atoms with van der Waals surface area (Å²) >= 11 is 2.89. The quantitative estimate of drug-likeness (QED) is 0.912. The third-order valence-corrected chi connectivity index (χ3v) is 3.23. The van der Waals surface area contributed by atoms with Gasteiger partial charge in [0, 0.05) is 4.47 Å². The van der Waals surface area contributed by atoms with Gasteiger partial charge in [-0.05, 0) is 18.2 Å². The number of hydrogen-bond acceptors (Lipinski definition) is 2. The van der Waals surface area contributed by atoms with Gasteiger partial charge in [-0.2, -0.15) is 13.2 Å². The van der Waals surface area contributed by atoms with Crippen LogP contribution in [0.4, 0.5) is 13.2 Å². The smallest absolute Gasteiger partial charge is 0.475 e. The van der Waals surface area contributed by atoms with Gasteiger partial charge in [-0.1, -0.05) is 15.9 Å². The van der Waals surface area contributed by atoms with Crippen LogP contribution in [-0.2, 0) is 10.8 Å². The third kappa shape index (κ3) is 2.82. The molecule has 1 rings (SSSR count). The van der Waals surface area contributed by atoms with Crippen LogP contribution >= 0.6 is 15.9 Å². The molecular weight excluding hydrogens is 313 g/mol. The summed E-state index contributed by atoms with van der Waals surface area (Å²) in [6.07, 6.45) is 0. The molecule has 0 aliphatic heterocycles. The average Bonchev–Trinajstić information content (AvgIpc) is 2.14. The fourth-order valence-corrected chi connectivity index (χ4v) is 2.30. The summed E-state index contributed by atoms with van der Waals surface area (Å²) in [5.41, 5.74) is -5.61. The minimum Gasteiger partial charge on any atom is -0.478 e. The van der Waals surface area contributed by atoms with Gasteiger partial charge in [0.15, 0.2) is 10.8 Å². The van der Waals surface area contributed by atoms with Crippen LogP contribution in [0, 0.1) is 0 Å². The molecular formula is C8H4BrF3O3S. The van der Waals surface area contributed by atoms with Crippen molar-refractivity contribution < 1.29 is 27.3 Å². The van der Waals surface area contributed by atoms with Gasteiger partial charge in [0.2, 0.25) is 0 Å². The Bertz CT molecular complexity index is 458. The second-order valence-electron chi connectivity index (χ2n) is 2.66. The first-order valence-corrected chi connectivity index (χ1v) is 5.69. The van der Waals surface area contributed by atoms with Gasteiger partial charge in [0.05, 0.1) is 10.5 Å². The Morgan fingerprint density at radius 3 is 2.38 bits per heavy atom. The molecule has 1 atom stereocenters. The molecule has 0 aliphatic rings. The number of benzene rings is 1. The summed E-state index contributed by atoms with van der Waals surface area (Å²) < 4.78 is 47.9. The zero-order valence-corrected chi connectivity index (χ0v) is 9.82. The van der Waals surface area contributed by atoms with Crippen LogP contribution in [0.1, 0.15) is 10.4 Å². The van der Waals surface area contributed by atoms with Crippen molar-refractivity contribution in [2.45, 2.75) is 10.4 Å². The molecule has 1 N–H and O–H groups in total. The minimum absolute atomic E-state index is 0.227. The molecule has 0 saturated heterocycles. The average molecular weight is 317 g/mol. The Morgan fingerprint density at radius 1 is 1.38 bits per heavy atom. The molecule has 0 amide bonds. The maximum absolute atomic E-state index is 12.2. The predicted octanol–water partition coefficient (Wildman–Crippen LogP) is 2.77. The normalized spacial score (nSPS) is 13.5. The summed E-state index contributed by atoms with van der Waals surface area (Å²) in [5, 5.41) is 8.65. The van der Waals surface area contributed by atoms with Gasteiger partial charge < -0.3 is 5.11 Å². The second-order valence-corrected chi connectivity index (χ2v) is 5.02. The SMILES string of the molecule is O=C(O)c1ccc(Br)cc1S(=O)C(F)(F)F. The fourth-order valence-electron chi connectivity index (χ4n) is 0.951. The molecule has 0 spiro atoms. The summed E-state index contributed by atoms with van der Waals surface area (Å²) in [5.74, 6) is -1.56. The van der Waals surface area contributed by atoms with Crippen LogP contribution in [0.25, 0.3) is 0 Å². The highest BCUT2D eigenvalue weighted by molar-refractivity contribution is 9.10. The lowest BCUT2D eigenvalue weighted by Gasteiger charge is -2.09. The number of hydrogen-bond donors (Lipinski definition) is 1. The van der Waals surface area contributed by atoms with E-state index in [0.717, 1.165) is 12.1 Å². The molecule has 8 heteroatoms. The summed E-state index contributed by atoms with van der Waals surface area (Å²) in [6.45, 7) is 0. The lowest BCUT2D eigenvalue weighted by molar-refractivity contribution is -0.0384. The molecule has 88 valence electrons. The van der Waals surface area contributed by atoms with Gasteiger partial charge in [-0.3, -0.25) is 0 Å². The van der Waals surface area contributed by atoms with Crippen molar-refractivity contribution in [2.75, 3.05) is 0 Å². The molecule has 0 heterocycles. The number of carboxylic acid groups (broad SMARTS) is 1. The monoisotopic (exact) mass is 316 g/mol. The van der Waals surface area contributed by atoms with E-state index in [1.807, 2.05) is 0 Å². The first kappa shape index (κ1) is 13.2. The van der Waals surface area contributed by atoms with Crippen LogP contribution in [0.15, 0.2) is 27.6 Å². The molecule has 1 aromatic rings. The van der Waals surface area contributed by atoms with Crippen LogP contribution in [-0.4, -0.2) is 20.8 Å². The molecule has 0 aromatic heterocycles. The Morgan fingerprint density at radius 2 is 1.94 bits per heavy atom. The van der Waals surface area contributed by atoms with Gasteiger partial charge in [0.1, 0.15) is 0 Å². The van der Waals surface area contributed by atoms with E-state index >= 15 is 0 Å². The molecule has 0 radical (unpaired) electrons. The van der Waals surface area contributed by atoms with Crippen LogP contribution < -0.4 is 0 Å². The first-order valence-electron chi connectivity index (χ1n) is 3.75. The number of aromatic carboxylic acids is 1. The fraction of sp³-hybridized carbons (Fsp3) is 0.125. The zero-order chi connectivity index (χ0) is 12.5. The number of halogens is 4. The molecule has 16 heavy (non-hydrogen) atoms. The molecule has 0 bridgehead atoms. The zero-order valence-electron chi connectivity index (χ0n) is 7.42. The molecule has 3 nitrogen and oxygen atoms in total. The van der Waals surface area contributed by atoms with Crippen molar-refractivity contribution in [1.29, 1.82) is 0 Å². The minimum atomic E-state index is -4.98.